The summed E-state index contributed by atoms with van der Waals surface area (Å²) >= 11 is 0. The predicted octanol–water partition coefficient (Wildman–Crippen LogP) is 2.94. The van der Waals surface area contributed by atoms with Crippen LogP contribution in [0.3, 0.4) is 0 Å². The van der Waals surface area contributed by atoms with E-state index >= 15 is 0 Å². The molecule has 3 nitrogen and oxygen atoms in total. The molecule has 0 aliphatic rings. The maximum absolute atomic E-state index is 13.0. The summed E-state index contributed by atoms with van der Waals surface area (Å²) in [4.78, 5) is 15.0. The molecule has 1 aromatic rings. The lowest BCUT2D eigenvalue weighted by Gasteiger charge is -2.37. The van der Waals surface area contributed by atoms with Crippen LogP contribution in [0.4, 0.5) is 0 Å². The number of carbonyl (C=O) groups is 1. The number of carbonyl (C=O) groups excluding carboxylic acids is 1. The van der Waals surface area contributed by atoms with E-state index in [9.17, 15) is 4.79 Å². The van der Waals surface area contributed by atoms with E-state index < -0.39 is 5.41 Å². The Labute approximate surface area is 123 Å². The third-order valence-electron chi connectivity index (χ3n) is 4.04. The number of nitrogens with two attached hydrogens (primary N) is 1. The van der Waals surface area contributed by atoms with E-state index in [0.717, 1.165) is 18.4 Å². The SMILES string of the molecule is CCC(CC)N(CCN)C(=O)C(C)(C)c1ccccc1. The molecule has 0 saturated carbocycles. The average Bonchev–Trinajstić information content (AvgIpc) is 2.47. The largest absolute Gasteiger partial charge is 0.338 e. The number of hydrogen-bond acceptors (Lipinski definition) is 2. The van der Waals surface area contributed by atoms with E-state index in [1.54, 1.807) is 0 Å². The molecular weight excluding hydrogens is 248 g/mol. The monoisotopic (exact) mass is 276 g/mol. The van der Waals surface area contributed by atoms with Gasteiger partial charge in [0.1, 0.15) is 0 Å². The maximum atomic E-state index is 13.0. The molecule has 0 aromatic heterocycles. The molecule has 0 aliphatic heterocycles. The van der Waals surface area contributed by atoms with Gasteiger partial charge in [-0.25, -0.2) is 0 Å². The van der Waals surface area contributed by atoms with Gasteiger partial charge in [0.2, 0.25) is 5.91 Å². The predicted molar refractivity (Wildman–Crippen MR) is 84.6 cm³/mol. The smallest absolute Gasteiger partial charge is 0.232 e. The zero-order valence-electron chi connectivity index (χ0n) is 13.2. The number of benzene rings is 1. The van der Waals surface area contributed by atoms with E-state index in [4.69, 9.17) is 5.73 Å². The van der Waals surface area contributed by atoms with Crippen molar-refractivity contribution in [2.45, 2.75) is 52.0 Å². The highest BCUT2D eigenvalue weighted by molar-refractivity contribution is 5.87. The van der Waals surface area contributed by atoms with Gasteiger partial charge in [0, 0.05) is 19.1 Å². The Morgan fingerprint density at radius 2 is 1.75 bits per heavy atom. The quantitative estimate of drug-likeness (QED) is 0.832. The van der Waals surface area contributed by atoms with Gasteiger partial charge in [-0.1, -0.05) is 44.2 Å². The van der Waals surface area contributed by atoms with Gasteiger partial charge in [-0.05, 0) is 32.3 Å². The number of amides is 1. The second-order valence-corrected chi connectivity index (χ2v) is 5.75. The van der Waals surface area contributed by atoms with Crippen LogP contribution in [0.5, 0.6) is 0 Å². The second kappa shape index (κ2) is 7.44. The zero-order valence-corrected chi connectivity index (χ0v) is 13.2. The molecule has 1 rings (SSSR count). The van der Waals surface area contributed by atoms with Gasteiger partial charge in [0.25, 0.3) is 0 Å². The molecule has 0 heterocycles. The summed E-state index contributed by atoms with van der Waals surface area (Å²) in [6.45, 7) is 9.38. The summed E-state index contributed by atoms with van der Waals surface area (Å²) in [6.07, 6.45) is 1.93. The molecule has 0 radical (unpaired) electrons. The molecule has 0 bridgehead atoms. The van der Waals surface area contributed by atoms with Crippen molar-refractivity contribution in [1.82, 2.24) is 4.90 Å². The topological polar surface area (TPSA) is 46.3 Å². The fourth-order valence-electron chi connectivity index (χ4n) is 2.66. The van der Waals surface area contributed by atoms with Crippen molar-refractivity contribution in [3.8, 4) is 0 Å². The molecule has 0 spiro atoms. The summed E-state index contributed by atoms with van der Waals surface area (Å²) in [5.41, 5.74) is 6.24. The Morgan fingerprint density at radius 3 is 2.20 bits per heavy atom. The van der Waals surface area contributed by atoms with Gasteiger partial charge in [-0.15, -0.1) is 0 Å². The highest BCUT2D eigenvalue weighted by Gasteiger charge is 2.35. The first-order chi connectivity index (χ1) is 9.48. The first kappa shape index (κ1) is 16.7. The Kier molecular flexibility index (Phi) is 6.21. The van der Waals surface area contributed by atoms with Gasteiger partial charge in [0.05, 0.1) is 5.41 Å². The van der Waals surface area contributed by atoms with Gasteiger partial charge in [-0.2, -0.15) is 0 Å². The minimum atomic E-state index is -0.515. The van der Waals surface area contributed by atoms with Crippen molar-refractivity contribution in [2.75, 3.05) is 13.1 Å². The van der Waals surface area contributed by atoms with Gasteiger partial charge in [-0.3, -0.25) is 4.79 Å². The van der Waals surface area contributed by atoms with Crippen LogP contribution in [0.15, 0.2) is 30.3 Å². The molecule has 20 heavy (non-hydrogen) atoms. The van der Waals surface area contributed by atoms with Gasteiger partial charge in [0.15, 0.2) is 0 Å². The molecule has 3 heteroatoms. The maximum Gasteiger partial charge on any atom is 0.232 e. The Bertz CT molecular complexity index is 410. The molecule has 0 saturated heterocycles. The first-order valence-corrected chi connectivity index (χ1v) is 7.55. The van der Waals surface area contributed by atoms with Crippen LogP contribution in [0.2, 0.25) is 0 Å². The van der Waals surface area contributed by atoms with Crippen molar-refractivity contribution < 1.29 is 4.79 Å². The minimum absolute atomic E-state index is 0.169. The number of hydrogen-bond donors (Lipinski definition) is 1. The van der Waals surface area contributed by atoms with Crippen LogP contribution in [-0.2, 0) is 10.2 Å². The normalized spacial score (nSPS) is 11.7. The lowest BCUT2D eigenvalue weighted by atomic mass is 9.82. The second-order valence-electron chi connectivity index (χ2n) is 5.75. The summed E-state index contributed by atoms with van der Waals surface area (Å²) in [5.74, 6) is 0.169. The first-order valence-electron chi connectivity index (χ1n) is 7.55. The van der Waals surface area contributed by atoms with Crippen molar-refractivity contribution in [2.24, 2.45) is 5.73 Å². The molecule has 0 atom stereocenters. The van der Waals surface area contributed by atoms with Gasteiger partial charge >= 0.3 is 0 Å². The third kappa shape index (κ3) is 3.60. The van der Waals surface area contributed by atoms with Crippen LogP contribution in [0.25, 0.3) is 0 Å². The number of rotatable bonds is 7. The lowest BCUT2D eigenvalue weighted by molar-refractivity contribution is -0.138. The Hall–Kier alpha value is -1.35. The van der Waals surface area contributed by atoms with E-state index in [0.29, 0.717) is 13.1 Å². The highest BCUT2D eigenvalue weighted by Crippen LogP contribution is 2.27. The van der Waals surface area contributed by atoms with Crippen LogP contribution >= 0.6 is 0 Å². The van der Waals surface area contributed by atoms with Crippen molar-refractivity contribution >= 4 is 5.91 Å². The number of nitrogens with zero attached hydrogens (tertiary/aromatic N) is 1. The van der Waals surface area contributed by atoms with Crippen molar-refractivity contribution in [3.05, 3.63) is 35.9 Å². The van der Waals surface area contributed by atoms with Crippen molar-refractivity contribution in [3.63, 3.8) is 0 Å². The molecular formula is C17H28N2O. The fraction of sp³-hybridized carbons (Fsp3) is 0.588. The molecule has 1 aromatic carbocycles. The summed E-state index contributed by atoms with van der Waals surface area (Å²) < 4.78 is 0. The highest BCUT2D eigenvalue weighted by atomic mass is 16.2. The van der Waals surface area contributed by atoms with Gasteiger partial charge < -0.3 is 10.6 Å². The standard InChI is InChI=1S/C17H28N2O/c1-5-15(6-2)19(13-12-18)16(20)17(3,4)14-10-8-7-9-11-14/h7-11,15H,5-6,12-13,18H2,1-4H3. The summed E-state index contributed by atoms with van der Waals surface area (Å²) in [7, 11) is 0. The fourth-order valence-corrected chi connectivity index (χ4v) is 2.66. The van der Waals surface area contributed by atoms with Crippen LogP contribution < -0.4 is 5.73 Å². The van der Waals surface area contributed by atoms with E-state index in [1.807, 2.05) is 49.1 Å². The van der Waals surface area contributed by atoms with E-state index in [-0.39, 0.29) is 11.9 Å². The Balaban J connectivity index is 3.04. The molecule has 0 unspecified atom stereocenters. The third-order valence-corrected chi connectivity index (χ3v) is 4.04. The summed E-state index contributed by atoms with van der Waals surface area (Å²) in [6, 6.07) is 10.2. The molecule has 112 valence electrons. The molecule has 0 fully saturated rings. The zero-order chi connectivity index (χ0) is 15.2. The lowest BCUT2D eigenvalue weighted by Crippen LogP contribution is -2.50. The van der Waals surface area contributed by atoms with E-state index in [2.05, 4.69) is 13.8 Å². The van der Waals surface area contributed by atoms with Crippen LogP contribution in [0.1, 0.15) is 46.1 Å². The molecule has 0 aliphatic carbocycles. The minimum Gasteiger partial charge on any atom is -0.338 e. The van der Waals surface area contributed by atoms with E-state index in [1.165, 1.54) is 0 Å². The van der Waals surface area contributed by atoms with Crippen LogP contribution in [-0.4, -0.2) is 29.9 Å². The van der Waals surface area contributed by atoms with Crippen LogP contribution in [0, 0.1) is 0 Å². The summed E-state index contributed by atoms with van der Waals surface area (Å²) in [5, 5.41) is 0. The Morgan fingerprint density at radius 1 is 1.20 bits per heavy atom. The van der Waals surface area contributed by atoms with Crippen molar-refractivity contribution in [1.29, 1.82) is 0 Å². The average molecular weight is 276 g/mol. The molecule has 2 N–H and O–H groups in total. The molecule has 1 amide bonds.